The summed E-state index contributed by atoms with van der Waals surface area (Å²) in [5.74, 6) is 0.982. The van der Waals surface area contributed by atoms with Crippen LogP contribution in [0.3, 0.4) is 0 Å². The molecular formula is C35H43N2OS+. The van der Waals surface area contributed by atoms with Crippen molar-refractivity contribution in [1.29, 1.82) is 0 Å². The normalized spacial score (nSPS) is 11.6. The number of pyridine rings is 1. The molecule has 0 aliphatic carbocycles. The van der Waals surface area contributed by atoms with Gasteiger partial charge in [-0.2, -0.15) is 4.57 Å². The van der Waals surface area contributed by atoms with Gasteiger partial charge >= 0.3 is 0 Å². The van der Waals surface area contributed by atoms with E-state index in [1.54, 1.807) is 6.92 Å². The van der Waals surface area contributed by atoms with Crippen LogP contribution >= 0.6 is 11.8 Å². The smallest absolute Gasteiger partial charge is 0.213 e. The van der Waals surface area contributed by atoms with Crippen molar-refractivity contribution in [3.63, 3.8) is 0 Å². The zero-order valence-corrected chi connectivity index (χ0v) is 24.7. The van der Waals surface area contributed by atoms with E-state index in [-0.39, 0.29) is 5.12 Å². The van der Waals surface area contributed by atoms with Crippen LogP contribution in [0, 0.1) is 0 Å². The summed E-state index contributed by atoms with van der Waals surface area (Å²) in [5, 5.41) is 4.10. The molecule has 0 radical (unpaired) electrons. The number of unbranched alkanes of at least 4 members (excludes halogenated alkanes) is 7. The minimum atomic E-state index is 0.242. The largest absolute Gasteiger partial charge is 0.377 e. The highest BCUT2D eigenvalue weighted by atomic mass is 32.2. The molecule has 0 saturated carbocycles. The summed E-state index contributed by atoms with van der Waals surface area (Å²) in [4.78, 5) is 13.2. The monoisotopic (exact) mass is 539 g/mol. The van der Waals surface area contributed by atoms with E-state index >= 15 is 0 Å². The summed E-state index contributed by atoms with van der Waals surface area (Å²) in [7, 11) is 4.20. The third-order valence-electron chi connectivity index (χ3n) is 7.42. The van der Waals surface area contributed by atoms with Gasteiger partial charge in [0.25, 0.3) is 0 Å². The Labute approximate surface area is 238 Å². The van der Waals surface area contributed by atoms with Gasteiger partial charge < -0.3 is 4.90 Å². The number of hydrogen-bond donors (Lipinski definition) is 0. The van der Waals surface area contributed by atoms with Crippen molar-refractivity contribution >= 4 is 56.4 Å². The fourth-order valence-electron chi connectivity index (χ4n) is 5.33. The highest BCUT2D eigenvalue weighted by molar-refractivity contribution is 8.13. The molecule has 0 aliphatic rings. The number of fused-ring (bicyclic) bond motifs is 2. The maximum absolute atomic E-state index is 11.0. The minimum absolute atomic E-state index is 0.242. The Kier molecular flexibility index (Phi) is 11.0. The molecule has 0 fully saturated rings. The van der Waals surface area contributed by atoms with Crippen LogP contribution in [0.4, 0.5) is 5.69 Å². The topological polar surface area (TPSA) is 24.2 Å². The Bertz CT molecular complexity index is 1410. The second-order valence-electron chi connectivity index (χ2n) is 10.6. The van der Waals surface area contributed by atoms with Crippen molar-refractivity contribution in [1.82, 2.24) is 0 Å². The van der Waals surface area contributed by atoms with Crippen LogP contribution in [-0.2, 0) is 11.3 Å². The Morgan fingerprint density at radius 3 is 2.00 bits per heavy atom. The number of para-hydroxylation sites is 1. The van der Waals surface area contributed by atoms with Gasteiger partial charge in [0.1, 0.15) is 6.54 Å². The molecule has 0 N–H and O–H groups in total. The molecule has 4 aromatic rings. The molecule has 0 unspecified atom stereocenters. The fourth-order valence-corrected chi connectivity index (χ4v) is 5.97. The Morgan fingerprint density at radius 1 is 0.718 bits per heavy atom. The number of hydrogen-bond acceptors (Lipinski definition) is 3. The number of anilines is 1. The van der Waals surface area contributed by atoms with Crippen LogP contribution < -0.4 is 9.47 Å². The van der Waals surface area contributed by atoms with Crippen molar-refractivity contribution in [3.05, 3.63) is 84.1 Å². The van der Waals surface area contributed by atoms with Crippen LogP contribution in [-0.4, -0.2) is 25.0 Å². The Balaban J connectivity index is 1.34. The van der Waals surface area contributed by atoms with E-state index in [0.717, 1.165) is 12.3 Å². The number of aromatic nitrogens is 1. The van der Waals surface area contributed by atoms with Crippen LogP contribution in [0.15, 0.2) is 72.9 Å². The lowest BCUT2D eigenvalue weighted by molar-refractivity contribution is -0.671. The van der Waals surface area contributed by atoms with Gasteiger partial charge in [-0.3, -0.25) is 4.79 Å². The first-order valence-electron chi connectivity index (χ1n) is 14.5. The predicted octanol–water partition coefficient (Wildman–Crippen LogP) is 8.92. The number of aryl methyl sites for hydroxylation is 1. The van der Waals surface area contributed by atoms with E-state index in [2.05, 4.69) is 109 Å². The van der Waals surface area contributed by atoms with Gasteiger partial charge in [0.15, 0.2) is 11.3 Å². The highest BCUT2D eigenvalue weighted by Gasteiger charge is 2.11. The lowest BCUT2D eigenvalue weighted by Gasteiger charge is -2.16. The van der Waals surface area contributed by atoms with E-state index in [4.69, 9.17) is 0 Å². The molecular weight excluding hydrogens is 496 g/mol. The zero-order chi connectivity index (χ0) is 27.5. The van der Waals surface area contributed by atoms with Crippen molar-refractivity contribution in [2.45, 2.75) is 64.8 Å². The molecule has 0 aliphatic heterocycles. The third-order valence-corrected chi connectivity index (χ3v) is 8.32. The maximum Gasteiger partial charge on any atom is 0.213 e. The molecule has 39 heavy (non-hydrogen) atoms. The Morgan fingerprint density at radius 2 is 1.31 bits per heavy atom. The van der Waals surface area contributed by atoms with Gasteiger partial charge in [0, 0.05) is 56.4 Å². The SMILES string of the molecule is CC(=O)SCCCCCCCCCC[n+]1ccc(C=Cc2ccc(N(C)C)c3ccccc23)c2ccccc21. The molecule has 0 bridgehead atoms. The molecule has 3 nitrogen and oxygen atoms in total. The minimum Gasteiger partial charge on any atom is -0.377 e. The van der Waals surface area contributed by atoms with Gasteiger partial charge in [0.05, 0.1) is 5.39 Å². The van der Waals surface area contributed by atoms with Gasteiger partial charge in [-0.15, -0.1) is 0 Å². The van der Waals surface area contributed by atoms with Crippen LogP contribution in [0.1, 0.15) is 69.4 Å². The first-order chi connectivity index (χ1) is 19.0. The molecule has 1 heterocycles. The van der Waals surface area contributed by atoms with E-state index in [1.165, 1.54) is 102 Å². The standard InChI is InChI=1S/C35H43N2OS/c1-28(38)39-27-15-9-7-5-4-6-8-14-25-37-26-24-30(32-17-12-13-19-35(32)37)21-20-29-22-23-34(36(2)3)33-18-11-10-16-31(29)33/h10-13,16-24,26H,4-9,14-15,25,27H2,1-3H3/q+1. The third kappa shape index (κ3) is 8.19. The number of benzene rings is 3. The molecule has 0 amide bonds. The second kappa shape index (κ2) is 14.9. The molecule has 3 aromatic carbocycles. The quantitative estimate of drug-likeness (QED) is 0.118. The summed E-state index contributed by atoms with van der Waals surface area (Å²) in [6.07, 6.45) is 16.9. The average Bonchev–Trinajstić information content (AvgIpc) is 2.94. The molecule has 4 heteroatoms. The lowest BCUT2D eigenvalue weighted by Crippen LogP contribution is -2.34. The number of carbonyl (C=O) groups excluding carboxylic acids is 1. The lowest BCUT2D eigenvalue weighted by atomic mass is 10.0. The van der Waals surface area contributed by atoms with Crippen molar-refractivity contribution in [3.8, 4) is 0 Å². The van der Waals surface area contributed by atoms with Gasteiger partial charge in [-0.05, 0) is 41.5 Å². The summed E-state index contributed by atoms with van der Waals surface area (Å²) < 4.78 is 2.42. The molecule has 4 rings (SSSR count). The van der Waals surface area contributed by atoms with E-state index in [9.17, 15) is 4.79 Å². The second-order valence-corrected chi connectivity index (χ2v) is 11.9. The maximum atomic E-state index is 11.0. The van der Waals surface area contributed by atoms with E-state index in [1.807, 2.05) is 0 Å². The van der Waals surface area contributed by atoms with E-state index in [0.29, 0.717) is 0 Å². The fraction of sp³-hybridized carbons (Fsp3) is 0.371. The summed E-state index contributed by atoms with van der Waals surface area (Å²) in [6, 6.07) is 24.2. The highest BCUT2D eigenvalue weighted by Crippen LogP contribution is 2.30. The molecule has 204 valence electrons. The molecule has 0 atom stereocenters. The average molecular weight is 540 g/mol. The van der Waals surface area contributed by atoms with Crippen LogP contribution in [0.2, 0.25) is 0 Å². The summed E-state index contributed by atoms with van der Waals surface area (Å²) in [6.45, 7) is 2.72. The van der Waals surface area contributed by atoms with Crippen molar-refractivity contribution in [2.75, 3.05) is 24.7 Å². The van der Waals surface area contributed by atoms with Crippen LogP contribution in [0.5, 0.6) is 0 Å². The summed E-state index contributed by atoms with van der Waals surface area (Å²) in [5.41, 5.74) is 5.04. The van der Waals surface area contributed by atoms with Crippen molar-refractivity contribution < 1.29 is 9.36 Å². The zero-order valence-electron chi connectivity index (χ0n) is 23.9. The van der Waals surface area contributed by atoms with Gasteiger partial charge in [-0.1, -0.05) is 98.5 Å². The van der Waals surface area contributed by atoms with Gasteiger partial charge in [-0.25, -0.2) is 0 Å². The predicted molar refractivity (Wildman–Crippen MR) is 171 cm³/mol. The summed E-state index contributed by atoms with van der Waals surface area (Å²) >= 11 is 1.46. The van der Waals surface area contributed by atoms with Crippen molar-refractivity contribution in [2.24, 2.45) is 0 Å². The van der Waals surface area contributed by atoms with Crippen LogP contribution in [0.25, 0.3) is 33.8 Å². The first kappa shape index (κ1) is 28.9. The first-order valence-corrected chi connectivity index (χ1v) is 15.4. The molecule has 0 spiro atoms. The van der Waals surface area contributed by atoms with E-state index < -0.39 is 0 Å². The molecule has 0 saturated heterocycles. The number of carbonyl (C=O) groups is 1. The number of thioether (sulfide) groups is 1. The number of rotatable bonds is 14. The van der Waals surface area contributed by atoms with Gasteiger partial charge in [0.2, 0.25) is 5.52 Å². The number of nitrogens with zero attached hydrogens (tertiary/aromatic N) is 2. The Hall–Kier alpha value is -3.11. The molecule has 1 aromatic heterocycles.